The van der Waals surface area contributed by atoms with Gasteiger partial charge < -0.3 is 10.3 Å². The van der Waals surface area contributed by atoms with Crippen molar-refractivity contribution in [3.63, 3.8) is 0 Å². The van der Waals surface area contributed by atoms with Crippen LogP contribution in [-0.2, 0) is 0 Å². The number of nitrogen functional groups attached to an aromatic ring is 1. The Morgan fingerprint density at radius 1 is 1.59 bits per heavy atom. The van der Waals surface area contributed by atoms with Crippen molar-refractivity contribution >= 4 is 44.7 Å². The molecule has 0 bridgehead atoms. The Labute approximate surface area is 112 Å². The molecule has 0 aliphatic heterocycles. The number of aromatic nitrogens is 2. The lowest BCUT2D eigenvalue weighted by Crippen LogP contribution is -2.10. The quantitative estimate of drug-likeness (QED) is 0.943. The molecule has 0 aliphatic rings. The van der Waals surface area contributed by atoms with Crippen molar-refractivity contribution in [2.24, 2.45) is 0 Å². The third-order valence-corrected chi connectivity index (χ3v) is 4.03. The van der Waals surface area contributed by atoms with Crippen molar-refractivity contribution in [3.8, 4) is 0 Å². The smallest absolute Gasteiger partial charge is 0.201 e. The van der Waals surface area contributed by atoms with Crippen LogP contribution >= 0.6 is 27.7 Å². The van der Waals surface area contributed by atoms with Crippen LogP contribution < -0.4 is 5.73 Å². The number of rotatable bonds is 3. The third kappa shape index (κ3) is 2.28. The molecule has 1 atom stereocenters. The van der Waals surface area contributed by atoms with E-state index in [0.717, 1.165) is 11.3 Å². The second kappa shape index (κ2) is 4.86. The summed E-state index contributed by atoms with van der Waals surface area (Å²) in [7, 11) is 0. The van der Waals surface area contributed by atoms with Gasteiger partial charge in [-0.1, -0.05) is 0 Å². The molecule has 92 valence electrons. The van der Waals surface area contributed by atoms with Crippen LogP contribution in [0.3, 0.4) is 0 Å². The summed E-state index contributed by atoms with van der Waals surface area (Å²) in [6.45, 7) is 2.05. The number of anilines is 1. The van der Waals surface area contributed by atoms with Gasteiger partial charge >= 0.3 is 0 Å². The zero-order valence-corrected chi connectivity index (χ0v) is 12.0. The van der Waals surface area contributed by atoms with Gasteiger partial charge in [-0.3, -0.25) is 0 Å². The van der Waals surface area contributed by atoms with Crippen LogP contribution in [0.15, 0.2) is 16.6 Å². The van der Waals surface area contributed by atoms with Crippen molar-refractivity contribution in [1.82, 2.24) is 9.55 Å². The third-order valence-electron chi connectivity index (χ3n) is 2.61. The van der Waals surface area contributed by atoms with Gasteiger partial charge in [-0.25, -0.2) is 9.37 Å². The van der Waals surface area contributed by atoms with Gasteiger partial charge in [0.05, 0.1) is 15.5 Å². The number of imidazole rings is 1. The van der Waals surface area contributed by atoms with E-state index >= 15 is 0 Å². The Hall–Kier alpha value is -0.750. The summed E-state index contributed by atoms with van der Waals surface area (Å²) in [6, 6.07) is 3.32. The van der Waals surface area contributed by atoms with Crippen molar-refractivity contribution in [2.45, 2.75) is 13.0 Å². The van der Waals surface area contributed by atoms with Crippen LogP contribution in [-0.4, -0.2) is 21.6 Å². The molecule has 2 rings (SSSR count). The molecule has 0 spiro atoms. The second-order valence-electron chi connectivity index (χ2n) is 3.90. The van der Waals surface area contributed by atoms with E-state index in [1.54, 1.807) is 17.8 Å². The molecule has 0 fully saturated rings. The van der Waals surface area contributed by atoms with E-state index in [2.05, 4.69) is 20.9 Å². The van der Waals surface area contributed by atoms with Gasteiger partial charge in [0.15, 0.2) is 0 Å². The summed E-state index contributed by atoms with van der Waals surface area (Å²) in [5.74, 6) is 1.04. The van der Waals surface area contributed by atoms with Gasteiger partial charge in [-0.15, -0.1) is 0 Å². The predicted molar refractivity (Wildman–Crippen MR) is 74.9 cm³/mol. The molecule has 2 aromatic rings. The van der Waals surface area contributed by atoms with Gasteiger partial charge in [-0.05, 0) is 35.2 Å². The minimum atomic E-state index is -0.296. The van der Waals surface area contributed by atoms with E-state index in [4.69, 9.17) is 5.73 Å². The maximum Gasteiger partial charge on any atom is 0.201 e. The molecule has 3 nitrogen and oxygen atoms in total. The van der Waals surface area contributed by atoms with Crippen molar-refractivity contribution < 1.29 is 4.39 Å². The topological polar surface area (TPSA) is 43.8 Å². The molecule has 0 saturated carbocycles. The SMILES string of the molecule is CSCC(C)n1c(N)nc2cc(Br)c(F)cc21. The average Bonchev–Trinajstić information content (AvgIpc) is 2.55. The molecule has 1 unspecified atom stereocenters. The summed E-state index contributed by atoms with van der Waals surface area (Å²) >= 11 is 4.87. The first kappa shape index (κ1) is 12.7. The van der Waals surface area contributed by atoms with Crippen LogP contribution in [0.4, 0.5) is 10.3 Å². The van der Waals surface area contributed by atoms with Gasteiger partial charge in [0.25, 0.3) is 0 Å². The monoisotopic (exact) mass is 317 g/mol. The number of benzene rings is 1. The number of fused-ring (bicyclic) bond motifs is 1. The molecule has 1 aromatic heterocycles. The first-order chi connectivity index (χ1) is 8.04. The van der Waals surface area contributed by atoms with Crippen molar-refractivity contribution in [2.75, 3.05) is 17.7 Å². The molecule has 0 saturated heterocycles. The molecule has 0 aliphatic carbocycles. The number of hydrogen-bond donors (Lipinski definition) is 1. The Morgan fingerprint density at radius 2 is 2.29 bits per heavy atom. The Morgan fingerprint density at radius 3 is 2.94 bits per heavy atom. The lowest BCUT2D eigenvalue weighted by molar-refractivity contribution is 0.614. The van der Waals surface area contributed by atoms with Crippen LogP contribution in [0.5, 0.6) is 0 Å². The average molecular weight is 318 g/mol. The number of halogens is 2. The van der Waals surface area contributed by atoms with Crippen molar-refractivity contribution in [1.29, 1.82) is 0 Å². The van der Waals surface area contributed by atoms with Gasteiger partial charge in [0.2, 0.25) is 5.95 Å². The number of nitrogens with two attached hydrogens (primary N) is 1. The van der Waals surface area contributed by atoms with Gasteiger partial charge in [0, 0.05) is 17.9 Å². The zero-order valence-electron chi connectivity index (χ0n) is 9.58. The van der Waals surface area contributed by atoms with E-state index < -0.39 is 0 Å². The number of nitrogens with zero attached hydrogens (tertiary/aromatic N) is 2. The largest absolute Gasteiger partial charge is 0.369 e. The molecule has 17 heavy (non-hydrogen) atoms. The highest BCUT2D eigenvalue weighted by Crippen LogP contribution is 2.28. The first-order valence-electron chi connectivity index (χ1n) is 5.16. The van der Waals surface area contributed by atoms with Gasteiger partial charge in [0.1, 0.15) is 5.82 Å². The minimum absolute atomic E-state index is 0.190. The van der Waals surface area contributed by atoms with E-state index in [-0.39, 0.29) is 11.9 Å². The van der Waals surface area contributed by atoms with Crippen LogP contribution in [0.25, 0.3) is 11.0 Å². The highest BCUT2D eigenvalue weighted by atomic mass is 79.9. The van der Waals surface area contributed by atoms with Crippen LogP contribution in [0.2, 0.25) is 0 Å². The molecular weight excluding hydrogens is 305 g/mol. The maximum absolute atomic E-state index is 13.6. The van der Waals surface area contributed by atoms with E-state index in [1.165, 1.54) is 6.07 Å². The molecule has 0 amide bonds. The first-order valence-corrected chi connectivity index (χ1v) is 7.34. The normalized spacial score (nSPS) is 13.2. The van der Waals surface area contributed by atoms with Gasteiger partial charge in [-0.2, -0.15) is 11.8 Å². The molecule has 1 heterocycles. The van der Waals surface area contributed by atoms with Crippen LogP contribution in [0, 0.1) is 5.82 Å². The Bertz CT molecular complexity index is 555. The summed E-state index contributed by atoms with van der Waals surface area (Å²) < 4.78 is 15.8. The molecule has 2 N–H and O–H groups in total. The highest BCUT2D eigenvalue weighted by molar-refractivity contribution is 9.10. The fraction of sp³-hybridized carbons (Fsp3) is 0.364. The molecule has 0 radical (unpaired) electrons. The molecule has 1 aromatic carbocycles. The number of hydrogen-bond acceptors (Lipinski definition) is 3. The fourth-order valence-electron chi connectivity index (χ4n) is 1.89. The lowest BCUT2D eigenvalue weighted by atomic mass is 10.3. The summed E-state index contributed by atoms with van der Waals surface area (Å²) in [5, 5.41) is 0. The lowest BCUT2D eigenvalue weighted by Gasteiger charge is -2.14. The van der Waals surface area contributed by atoms with E-state index in [0.29, 0.717) is 15.9 Å². The Balaban J connectivity index is 2.62. The Kier molecular flexibility index (Phi) is 3.63. The summed E-state index contributed by atoms with van der Waals surface area (Å²) in [5.41, 5.74) is 7.34. The summed E-state index contributed by atoms with van der Waals surface area (Å²) in [4.78, 5) is 4.25. The van der Waals surface area contributed by atoms with Crippen LogP contribution in [0.1, 0.15) is 13.0 Å². The molecule has 6 heteroatoms. The van der Waals surface area contributed by atoms with Crippen molar-refractivity contribution in [3.05, 3.63) is 22.4 Å². The van der Waals surface area contributed by atoms with E-state index in [9.17, 15) is 4.39 Å². The number of thioether (sulfide) groups is 1. The second-order valence-corrected chi connectivity index (χ2v) is 5.66. The standard InChI is InChI=1S/C11H13BrFN3S/c1-6(5-17-2)16-10-4-8(13)7(12)3-9(10)15-11(16)14/h3-4,6H,5H2,1-2H3,(H2,14,15). The minimum Gasteiger partial charge on any atom is -0.369 e. The zero-order chi connectivity index (χ0) is 12.6. The fourth-order valence-corrected chi connectivity index (χ4v) is 2.85. The maximum atomic E-state index is 13.6. The predicted octanol–water partition coefficient (Wildman–Crippen LogP) is 3.44. The highest BCUT2D eigenvalue weighted by Gasteiger charge is 2.15. The van der Waals surface area contributed by atoms with E-state index in [1.807, 2.05) is 17.7 Å². The molecular formula is C11H13BrFN3S. The summed E-state index contributed by atoms with van der Waals surface area (Å²) in [6.07, 6.45) is 2.03.